The average molecular weight is 642 g/mol. The zero-order valence-electron chi connectivity index (χ0n) is 23.0. The molecule has 0 aliphatic carbocycles. The Hall–Kier alpha value is -4.52. The minimum absolute atomic E-state index is 0.129. The minimum Gasteiger partial charge on any atom is -0.454 e. The van der Waals surface area contributed by atoms with E-state index in [4.69, 9.17) is 26.4 Å². The van der Waals surface area contributed by atoms with Gasteiger partial charge in [-0.25, -0.2) is 4.79 Å². The van der Waals surface area contributed by atoms with E-state index in [9.17, 15) is 14.4 Å². The van der Waals surface area contributed by atoms with E-state index in [1.54, 1.807) is 27.4 Å². The number of nitrogens with zero attached hydrogens (tertiary/aromatic N) is 2. The first-order chi connectivity index (χ1) is 21.4. The quantitative estimate of drug-likeness (QED) is 0.114. The van der Waals surface area contributed by atoms with Crippen LogP contribution >= 0.6 is 32.9 Å². The molecule has 1 saturated heterocycles. The highest BCUT2D eigenvalue weighted by molar-refractivity contribution is 7.79. The van der Waals surface area contributed by atoms with Gasteiger partial charge in [0, 0.05) is 34.0 Å². The first-order valence-corrected chi connectivity index (χ1v) is 16.5. The smallest absolute Gasteiger partial charge is 0.331 e. The van der Waals surface area contributed by atoms with Crippen molar-refractivity contribution >= 4 is 61.6 Å². The number of benzene rings is 3. The number of carbonyl (C=O) groups excluding carboxylic acids is 3. The summed E-state index contributed by atoms with van der Waals surface area (Å²) in [4.78, 5) is 47.3. The molecule has 0 spiro atoms. The zero-order chi connectivity index (χ0) is 29.9. The summed E-state index contributed by atoms with van der Waals surface area (Å²) >= 11 is 5.38. The molecule has 3 aromatic carbocycles. The number of carbonyl (C=O) groups is 3. The standard InChI is InChI=1S/C32H23N3O6S3/c36-27-13-34(14-28(37)41-19-8-5-17(6-9-19)22-15-43-44-32(22)42)31(38)24-12-21-20-3-1-2-4-23(20)33-29(21)30(35(24)27)18-7-10-25-26(11-18)40-16-39-25/h1-11,15,24,30,33H,12-14,16H2. The molecule has 12 heteroatoms. The fourth-order valence-electron chi connectivity index (χ4n) is 6.30. The van der Waals surface area contributed by atoms with Gasteiger partial charge in [-0.15, -0.1) is 0 Å². The number of fused-ring (bicyclic) bond motifs is 5. The van der Waals surface area contributed by atoms with E-state index in [-0.39, 0.29) is 31.7 Å². The van der Waals surface area contributed by atoms with Crippen LogP contribution in [0.4, 0.5) is 0 Å². The molecule has 2 unspecified atom stereocenters. The first kappa shape index (κ1) is 27.1. The van der Waals surface area contributed by atoms with Gasteiger partial charge in [-0.1, -0.05) is 69.3 Å². The van der Waals surface area contributed by atoms with Crippen LogP contribution in [0.3, 0.4) is 0 Å². The second-order valence-corrected chi connectivity index (χ2v) is 13.5. The Labute approximate surface area is 263 Å². The number of para-hydroxylation sites is 1. The van der Waals surface area contributed by atoms with Crippen LogP contribution in [0.2, 0.25) is 0 Å². The molecule has 0 radical (unpaired) electrons. The van der Waals surface area contributed by atoms with Crippen molar-refractivity contribution in [3.05, 3.63) is 92.8 Å². The van der Waals surface area contributed by atoms with Gasteiger partial charge in [0.15, 0.2) is 11.5 Å². The highest BCUT2D eigenvalue weighted by Crippen LogP contribution is 2.45. The number of aromatic amines is 1. The summed E-state index contributed by atoms with van der Waals surface area (Å²) in [5, 5.41) is 3.00. The van der Waals surface area contributed by atoms with E-state index in [0.717, 1.165) is 42.7 Å². The van der Waals surface area contributed by atoms with Gasteiger partial charge < -0.3 is 29.0 Å². The predicted molar refractivity (Wildman–Crippen MR) is 168 cm³/mol. The Morgan fingerprint density at radius 1 is 1.05 bits per heavy atom. The average Bonchev–Trinajstić information content (AvgIpc) is 3.77. The van der Waals surface area contributed by atoms with Crippen LogP contribution in [0.15, 0.2) is 72.1 Å². The van der Waals surface area contributed by atoms with E-state index in [0.29, 0.717) is 23.7 Å². The summed E-state index contributed by atoms with van der Waals surface area (Å²) in [6, 6.07) is 19.2. The summed E-state index contributed by atoms with van der Waals surface area (Å²) < 4.78 is 17.5. The summed E-state index contributed by atoms with van der Waals surface area (Å²) in [6.07, 6.45) is 0.326. The maximum Gasteiger partial charge on any atom is 0.331 e. The van der Waals surface area contributed by atoms with Crippen molar-refractivity contribution < 1.29 is 28.6 Å². The number of esters is 1. The van der Waals surface area contributed by atoms with E-state index in [1.807, 2.05) is 60.0 Å². The largest absolute Gasteiger partial charge is 0.454 e. The van der Waals surface area contributed by atoms with E-state index < -0.39 is 18.1 Å². The highest BCUT2D eigenvalue weighted by atomic mass is 32.9. The molecule has 3 aliphatic heterocycles. The van der Waals surface area contributed by atoms with Crippen LogP contribution in [0, 0.1) is 3.82 Å². The number of piperazine rings is 1. The topological polar surface area (TPSA) is 101 Å². The van der Waals surface area contributed by atoms with Gasteiger partial charge in [0.25, 0.3) is 0 Å². The Balaban J connectivity index is 1.07. The van der Waals surface area contributed by atoms with Crippen LogP contribution in [0.25, 0.3) is 22.0 Å². The lowest BCUT2D eigenvalue weighted by Gasteiger charge is -2.46. The van der Waals surface area contributed by atoms with E-state index in [1.165, 1.54) is 15.2 Å². The van der Waals surface area contributed by atoms with Crippen molar-refractivity contribution in [1.29, 1.82) is 0 Å². The molecule has 5 heterocycles. The van der Waals surface area contributed by atoms with Gasteiger partial charge in [-0.3, -0.25) is 9.59 Å². The number of nitrogens with one attached hydrogen (secondary N) is 1. The second kappa shape index (κ2) is 10.6. The number of H-pyrrole nitrogens is 1. The Morgan fingerprint density at radius 3 is 2.68 bits per heavy atom. The normalized spacial score (nSPS) is 18.8. The molecule has 9 nitrogen and oxygen atoms in total. The molecule has 44 heavy (non-hydrogen) atoms. The molecular formula is C32H23N3O6S3. The maximum atomic E-state index is 14.0. The van der Waals surface area contributed by atoms with Crippen molar-refractivity contribution in [3.63, 3.8) is 0 Å². The second-order valence-electron chi connectivity index (χ2n) is 10.8. The van der Waals surface area contributed by atoms with Gasteiger partial charge >= 0.3 is 5.97 Å². The Bertz CT molecular complexity index is 2030. The third kappa shape index (κ3) is 4.48. The summed E-state index contributed by atoms with van der Waals surface area (Å²) in [5.41, 5.74) is 5.48. The number of hydrogen-bond donors (Lipinski definition) is 1. The molecule has 1 fully saturated rings. The van der Waals surface area contributed by atoms with Crippen LogP contribution in [0.1, 0.15) is 22.9 Å². The maximum absolute atomic E-state index is 14.0. The zero-order valence-corrected chi connectivity index (χ0v) is 25.4. The monoisotopic (exact) mass is 641 g/mol. The van der Waals surface area contributed by atoms with Crippen LogP contribution in [-0.2, 0) is 20.8 Å². The third-order valence-electron chi connectivity index (χ3n) is 8.28. The third-order valence-corrected chi connectivity index (χ3v) is 10.9. The van der Waals surface area contributed by atoms with Crippen molar-refractivity contribution in [1.82, 2.24) is 14.8 Å². The van der Waals surface area contributed by atoms with Crippen LogP contribution in [0.5, 0.6) is 17.2 Å². The molecule has 5 aromatic rings. The van der Waals surface area contributed by atoms with Gasteiger partial charge in [0.1, 0.15) is 28.7 Å². The molecule has 2 atom stereocenters. The first-order valence-electron chi connectivity index (χ1n) is 13.9. The molecule has 2 aromatic heterocycles. The molecular weight excluding hydrogens is 619 g/mol. The molecule has 0 saturated carbocycles. The number of rotatable bonds is 5. The minimum atomic E-state index is -0.787. The number of ether oxygens (including phenoxy) is 3. The lowest BCUT2D eigenvalue weighted by Crippen LogP contribution is -2.63. The summed E-state index contributed by atoms with van der Waals surface area (Å²) in [5.74, 6) is 0.409. The SMILES string of the molecule is O=C(CN1CC(=O)N2C(Cc3c([nH]c4ccccc34)C2c2ccc3c(c2)OCO3)C1=O)Oc1ccc(-c2cssc2=S)cc1. The van der Waals surface area contributed by atoms with Crippen molar-refractivity contribution in [2.45, 2.75) is 18.5 Å². The predicted octanol–water partition coefficient (Wildman–Crippen LogP) is 5.71. The fraction of sp³-hybridized carbons (Fsp3) is 0.188. The van der Waals surface area contributed by atoms with Crippen LogP contribution in [-0.4, -0.2) is 58.5 Å². The lowest BCUT2D eigenvalue weighted by molar-refractivity contribution is -0.161. The number of hydrogen-bond acceptors (Lipinski definition) is 9. The van der Waals surface area contributed by atoms with Gasteiger partial charge in [-0.2, -0.15) is 0 Å². The van der Waals surface area contributed by atoms with Gasteiger partial charge in [-0.05, 0) is 47.0 Å². The molecule has 1 N–H and O–H groups in total. The highest BCUT2D eigenvalue weighted by Gasteiger charge is 2.48. The van der Waals surface area contributed by atoms with Gasteiger partial charge in [0.05, 0.1) is 6.04 Å². The van der Waals surface area contributed by atoms with Crippen molar-refractivity contribution in [3.8, 4) is 28.4 Å². The number of amides is 2. The number of aromatic nitrogens is 1. The Kier molecular flexibility index (Phi) is 6.51. The Morgan fingerprint density at radius 2 is 1.86 bits per heavy atom. The van der Waals surface area contributed by atoms with Gasteiger partial charge in [0.2, 0.25) is 18.6 Å². The van der Waals surface area contributed by atoms with E-state index in [2.05, 4.69) is 4.98 Å². The molecule has 3 aliphatic rings. The van der Waals surface area contributed by atoms with Crippen LogP contribution < -0.4 is 14.2 Å². The van der Waals surface area contributed by atoms with E-state index >= 15 is 0 Å². The van der Waals surface area contributed by atoms with Crippen molar-refractivity contribution in [2.24, 2.45) is 0 Å². The molecule has 220 valence electrons. The molecule has 8 rings (SSSR count). The lowest BCUT2D eigenvalue weighted by atomic mass is 9.86. The summed E-state index contributed by atoms with van der Waals surface area (Å²) in [6.45, 7) is -0.444. The fourth-order valence-corrected chi connectivity index (χ4v) is 8.70. The molecule has 2 amide bonds. The summed E-state index contributed by atoms with van der Waals surface area (Å²) in [7, 11) is 3.11. The van der Waals surface area contributed by atoms with Crippen molar-refractivity contribution in [2.75, 3.05) is 19.9 Å². The molecule has 0 bridgehead atoms.